The molecule has 9 heteroatoms. The largest absolute Gasteiger partial charge is 0.493 e. The Bertz CT molecular complexity index is 1170. The van der Waals surface area contributed by atoms with Crippen molar-refractivity contribution in [1.82, 2.24) is 14.8 Å². The number of hydrogen-bond donors (Lipinski definition) is 2. The molecule has 154 valence electrons. The SMILES string of the molecule is COc1ccc([C@H]2C(C(N)=O)=C(C)Nc3nc(-c4cccc(Cl)c4)nn32)cc1OC. The van der Waals surface area contributed by atoms with Gasteiger partial charge in [-0.25, -0.2) is 4.68 Å². The summed E-state index contributed by atoms with van der Waals surface area (Å²) in [7, 11) is 3.12. The Hall–Kier alpha value is -3.52. The van der Waals surface area contributed by atoms with Gasteiger partial charge in [-0.1, -0.05) is 29.8 Å². The van der Waals surface area contributed by atoms with Crippen molar-refractivity contribution in [2.24, 2.45) is 5.73 Å². The third-order valence-electron chi connectivity index (χ3n) is 4.92. The van der Waals surface area contributed by atoms with Crippen LogP contribution in [-0.2, 0) is 4.79 Å². The summed E-state index contributed by atoms with van der Waals surface area (Å²) in [5.74, 6) is 1.53. The molecule has 3 aromatic rings. The number of halogens is 1. The van der Waals surface area contributed by atoms with Crippen molar-refractivity contribution in [2.75, 3.05) is 19.5 Å². The molecule has 0 radical (unpaired) electrons. The predicted octanol–water partition coefficient (Wildman–Crippen LogP) is 3.39. The smallest absolute Gasteiger partial charge is 0.248 e. The van der Waals surface area contributed by atoms with Gasteiger partial charge in [0, 0.05) is 16.3 Å². The van der Waals surface area contributed by atoms with E-state index in [4.69, 9.17) is 26.8 Å². The van der Waals surface area contributed by atoms with Crippen LogP contribution in [0.15, 0.2) is 53.7 Å². The molecule has 2 heterocycles. The van der Waals surface area contributed by atoms with Gasteiger partial charge in [-0.05, 0) is 36.8 Å². The number of benzene rings is 2. The highest BCUT2D eigenvalue weighted by atomic mass is 35.5. The molecule has 4 rings (SSSR count). The van der Waals surface area contributed by atoms with E-state index in [1.165, 1.54) is 0 Å². The molecule has 1 aliphatic heterocycles. The Kier molecular flexibility index (Phi) is 5.09. The number of carbonyl (C=O) groups excluding carboxylic acids is 1. The Morgan fingerprint density at radius 1 is 1.17 bits per heavy atom. The minimum absolute atomic E-state index is 0.386. The third-order valence-corrected chi connectivity index (χ3v) is 5.16. The van der Waals surface area contributed by atoms with Gasteiger partial charge in [0.2, 0.25) is 11.9 Å². The van der Waals surface area contributed by atoms with Gasteiger partial charge in [0.25, 0.3) is 0 Å². The van der Waals surface area contributed by atoms with Gasteiger partial charge in [-0.15, -0.1) is 5.10 Å². The fourth-order valence-electron chi connectivity index (χ4n) is 3.55. The number of carbonyl (C=O) groups is 1. The molecule has 0 fully saturated rings. The first-order valence-electron chi connectivity index (χ1n) is 9.15. The summed E-state index contributed by atoms with van der Waals surface area (Å²) < 4.78 is 12.4. The van der Waals surface area contributed by atoms with Crippen molar-refractivity contribution < 1.29 is 14.3 Å². The number of nitrogens with one attached hydrogen (secondary N) is 1. The van der Waals surface area contributed by atoms with Crippen molar-refractivity contribution in [3.8, 4) is 22.9 Å². The van der Waals surface area contributed by atoms with Gasteiger partial charge in [0.1, 0.15) is 6.04 Å². The maximum absolute atomic E-state index is 12.3. The van der Waals surface area contributed by atoms with Crippen LogP contribution >= 0.6 is 11.6 Å². The van der Waals surface area contributed by atoms with Crippen LogP contribution in [0.1, 0.15) is 18.5 Å². The van der Waals surface area contributed by atoms with Crippen molar-refractivity contribution in [2.45, 2.75) is 13.0 Å². The van der Waals surface area contributed by atoms with Gasteiger partial charge >= 0.3 is 0 Å². The number of methoxy groups -OCH3 is 2. The van der Waals surface area contributed by atoms with Gasteiger partial charge in [-0.2, -0.15) is 4.98 Å². The monoisotopic (exact) mass is 425 g/mol. The highest BCUT2D eigenvalue weighted by Gasteiger charge is 2.34. The van der Waals surface area contributed by atoms with Crippen LogP contribution in [0.2, 0.25) is 5.02 Å². The number of aromatic nitrogens is 3. The predicted molar refractivity (Wildman–Crippen MR) is 114 cm³/mol. The lowest BCUT2D eigenvalue weighted by Gasteiger charge is -2.28. The van der Waals surface area contributed by atoms with E-state index in [-0.39, 0.29) is 0 Å². The van der Waals surface area contributed by atoms with Crippen molar-refractivity contribution in [1.29, 1.82) is 0 Å². The Morgan fingerprint density at radius 2 is 1.93 bits per heavy atom. The normalized spacial score (nSPS) is 15.4. The maximum atomic E-state index is 12.3. The summed E-state index contributed by atoms with van der Waals surface area (Å²) >= 11 is 6.12. The number of rotatable bonds is 5. The van der Waals surface area contributed by atoms with Crippen molar-refractivity contribution in [3.63, 3.8) is 0 Å². The molecule has 1 aromatic heterocycles. The van der Waals surface area contributed by atoms with Crippen LogP contribution in [0.4, 0.5) is 5.95 Å². The van der Waals surface area contributed by atoms with Crippen LogP contribution in [0.5, 0.6) is 11.5 Å². The lowest BCUT2D eigenvalue weighted by atomic mass is 9.95. The Balaban J connectivity index is 1.89. The summed E-state index contributed by atoms with van der Waals surface area (Å²) in [6.45, 7) is 1.78. The van der Waals surface area contributed by atoms with Gasteiger partial charge in [0.15, 0.2) is 17.3 Å². The van der Waals surface area contributed by atoms with Crippen molar-refractivity contribution >= 4 is 23.5 Å². The average Bonchev–Trinajstić information content (AvgIpc) is 3.15. The number of primary amides is 1. The summed E-state index contributed by atoms with van der Waals surface area (Å²) in [6.07, 6.45) is 0. The number of fused-ring (bicyclic) bond motifs is 1. The second-order valence-corrected chi connectivity index (χ2v) is 7.20. The zero-order chi connectivity index (χ0) is 21.4. The third kappa shape index (κ3) is 3.35. The zero-order valence-electron chi connectivity index (χ0n) is 16.6. The molecule has 30 heavy (non-hydrogen) atoms. The first-order valence-corrected chi connectivity index (χ1v) is 9.52. The first kappa shape index (κ1) is 19.8. The number of amides is 1. The zero-order valence-corrected chi connectivity index (χ0v) is 17.4. The minimum Gasteiger partial charge on any atom is -0.493 e. The second kappa shape index (κ2) is 7.72. The van der Waals surface area contributed by atoms with Crippen LogP contribution in [0.25, 0.3) is 11.4 Å². The molecular weight excluding hydrogens is 406 g/mol. The molecule has 3 N–H and O–H groups in total. The lowest BCUT2D eigenvalue weighted by molar-refractivity contribution is -0.115. The summed E-state index contributed by atoms with van der Waals surface area (Å²) in [4.78, 5) is 16.9. The fraction of sp³-hybridized carbons (Fsp3) is 0.190. The highest BCUT2D eigenvalue weighted by molar-refractivity contribution is 6.30. The van der Waals surface area contributed by atoms with Gasteiger partial charge < -0.3 is 20.5 Å². The van der Waals surface area contributed by atoms with Crippen LogP contribution in [0, 0.1) is 0 Å². The van der Waals surface area contributed by atoms with Crippen LogP contribution < -0.4 is 20.5 Å². The van der Waals surface area contributed by atoms with E-state index in [0.29, 0.717) is 39.6 Å². The standard InChI is InChI=1S/C21H20ClN5O3/c1-11-17(19(23)28)18(12-7-8-15(29-2)16(10-12)30-3)27-21(24-11)25-20(26-27)13-5-4-6-14(22)9-13/h4-10,18H,1-3H3,(H2,23,28)(H,24,25,26)/t18-/m0/s1. The van der Waals surface area contributed by atoms with E-state index >= 15 is 0 Å². The average molecular weight is 426 g/mol. The molecule has 0 saturated carbocycles. The van der Waals surface area contributed by atoms with Crippen molar-refractivity contribution in [3.05, 3.63) is 64.3 Å². The highest BCUT2D eigenvalue weighted by Crippen LogP contribution is 2.39. The molecule has 8 nitrogen and oxygen atoms in total. The summed E-state index contributed by atoms with van der Waals surface area (Å²) in [6, 6.07) is 12.1. The summed E-state index contributed by atoms with van der Waals surface area (Å²) in [5, 5.41) is 8.36. The van der Waals surface area contributed by atoms with E-state index in [9.17, 15) is 4.79 Å². The topological polar surface area (TPSA) is 104 Å². The number of nitrogens with zero attached hydrogens (tertiary/aromatic N) is 3. The van der Waals surface area contributed by atoms with Crippen LogP contribution in [0.3, 0.4) is 0 Å². The number of hydrogen-bond acceptors (Lipinski definition) is 6. The molecule has 1 aliphatic rings. The molecule has 0 bridgehead atoms. The number of nitrogens with two attached hydrogens (primary N) is 1. The quantitative estimate of drug-likeness (QED) is 0.649. The second-order valence-electron chi connectivity index (χ2n) is 6.76. The maximum Gasteiger partial charge on any atom is 0.248 e. The van der Waals surface area contributed by atoms with E-state index in [1.54, 1.807) is 50.1 Å². The first-order chi connectivity index (χ1) is 14.4. The molecule has 0 aliphatic carbocycles. The Morgan fingerprint density at radius 3 is 2.60 bits per heavy atom. The summed E-state index contributed by atoms with van der Waals surface area (Å²) in [5.41, 5.74) is 8.25. The van der Waals surface area contributed by atoms with Gasteiger partial charge in [-0.3, -0.25) is 4.79 Å². The lowest BCUT2D eigenvalue weighted by Crippen LogP contribution is -2.31. The molecule has 1 amide bonds. The van der Waals surface area contributed by atoms with E-state index in [0.717, 1.165) is 11.1 Å². The molecule has 0 saturated heterocycles. The van der Waals surface area contributed by atoms with E-state index < -0.39 is 11.9 Å². The van der Waals surface area contributed by atoms with Crippen LogP contribution in [-0.4, -0.2) is 34.9 Å². The number of ether oxygens (including phenoxy) is 2. The molecule has 2 aromatic carbocycles. The molecule has 0 unspecified atom stereocenters. The van der Waals surface area contributed by atoms with E-state index in [2.05, 4.69) is 15.4 Å². The van der Waals surface area contributed by atoms with E-state index in [1.807, 2.05) is 18.2 Å². The minimum atomic E-state index is -0.584. The number of anilines is 1. The fourth-order valence-corrected chi connectivity index (χ4v) is 3.74. The molecular formula is C21H20ClN5O3. The molecule has 1 atom stereocenters. The van der Waals surface area contributed by atoms with Gasteiger partial charge in [0.05, 0.1) is 19.8 Å². The molecule has 0 spiro atoms. The Labute approximate surface area is 178 Å². The number of allylic oxidation sites excluding steroid dienone is 1.